The number of nitrogens with zero attached hydrogens (tertiary/aromatic N) is 3. The van der Waals surface area contributed by atoms with Crippen molar-refractivity contribution >= 4 is 0 Å². The second-order valence-corrected chi connectivity index (χ2v) is 2.74. The zero-order valence-electron chi connectivity index (χ0n) is 7.64. The second kappa shape index (κ2) is 3.45. The van der Waals surface area contributed by atoms with Gasteiger partial charge in [-0.1, -0.05) is 12.1 Å². The van der Waals surface area contributed by atoms with Gasteiger partial charge in [0.05, 0.1) is 0 Å². The van der Waals surface area contributed by atoms with Crippen molar-refractivity contribution in [2.24, 2.45) is 0 Å². The van der Waals surface area contributed by atoms with Crippen LogP contribution in [0.15, 0.2) is 22.9 Å². The van der Waals surface area contributed by atoms with Gasteiger partial charge in [0, 0.05) is 12.6 Å². The fourth-order valence-electron chi connectivity index (χ4n) is 1.06. The van der Waals surface area contributed by atoms with E-state index in [0.29, 0.717) is 17.9 Å². The summed E-state index contributed by atoms with van der Waals surface area (Å²) in [6.07, 6.45) is 2.25. The molecule has 5 heteroatoms. The quantitative estimate of drug-likeness (QED) is 0.776. The minimum atomic E-state index is 0.0406. The molecule has 2 aromatic heterocycles. The highest BCUT2D eigenvalue weighted by Crippen LogP contribution is 2.24. The minimum Gasteiger partial charge on any atom is -0.505 e. The van der Waals surface area contributed by atoms with E-state index in [1.807, 2.05) is 6.92 Å². The average molecular weight is 191 g/mol. The van der Waals surface area contributed by atoms with Crippen LogP contribution in [0.5, 0.6) is 5.75 Å². The number of rotatable bonds is 2. The lowest BCUT2D eigenvalue weighted by Crippen LogP contribution is -1.85. The lowest BCUT2D eigenvalue weighted by Gasteiger charge is -1.95. The summed E-state index contributed by atoms with van der Waals surface area (Å²) in [6.45, 7) is 1.92. The summed E-state index contributed by atoms with van der Waals surface area (Å²) < 4.78 is 4.94. The smallest absolute Gasteiger partial charge is 0.280 e. The van der Waals surface area contributed by atoms with Crippen LogP contribution in [-0.4, -0.2) is 20.2 Å². The molecule has 0 amide bonds. The number of hydrogen-bond acceptors (Lipinski definition) is 5. The predicted octanol–water partition coefficient (Wildman–Crippen LogP) is 1.40. The molecule has 0 fully saturated rings. The van der Waals surface area contributed by atoms with Gasteiger partial charge in [-0.25, -0.2) is 4.98 Å². The molecular formula is C9H9N3O2. The van der Waals surface area contributed by atoms with Gasteiger partial charge in [0.25, 0.3) is 5.89 Å². The first-order valence-electron chi connectivity index (χ1n) is 4.28. The van der Waals surface area contributed by atoms with Crippen molar-refractivity contribution in [3.8, 4) is 17.3 Å². The normalized spacial score (nSPS) is 10.4. The summed E-state index contributed by atoms with van der Waals surface area (Å²) in [4.78, 5) is 8.01. The Morgan fingerprint density at radius 2 is 2.36 bits per heavy atom. The molecule has 0 aliphatic carbocycles. The summed E-state index contributed by atoms with van der Waals surface area (Å²) in [7, 11) is 0. The second-order valence-electron chi connectivity index (χ2n) is 2.74. The highest BCUT2D eigenvalue weighted by atomic mass is 16.5. The highest BCUT2D eigenvalue weighted by Gasteiger charge is 2.12. The molecule has 0 unspecified atom stereocenters. The third kappa shape index (κ3) is 1.44. The van der Waals surface area contributed by atoms with Crippen molar-refractivity contribution in [2.75, 3.05) is 0 Å². The van der Waals surface area contributed by atoms with Crippen LogP contribution in [-0.2, 0) is 6.42 Å². The molecule has 0 saturated heterocycles. The monoisotopic (exact) mass is 191 g/mol. The first-order valence-corrected chi connectivity index (χ1v) is 4.28. The maximum absolute atomic E-state index is 9.46. The molecule has 1 N–H and O–H groups in total. The van der Waals surface area contributed by atoms with E-state index in [0.717, 1.165) is 0 Å². The van der Waals surface area contributed by atoms with Crippen LogP contribution < -0.4 is 0 Å². The summed E-state index contributed by atoms with van der Waals surface area (Å²) >= 11 is 0. The van der Waals surface area contributed by atoms with Gasteiger partial charge in [0.1, 0.15) is 5.75 Å². The number of hydrogen-bond donors (Lipinski definition) is 1. The van der Waals surface area contributed by atoms with E-state index in [9.17, 15) is 5.11 Å². The van der Waals surface area contributed by atoms with E-state index in [2.05, 4.69) is 15.1 Å². The van der Waals surface area contributed by atoms with E-state index in [-0.39, 0.29) is 11.6 Å². The van der Waals surface area contributed by atoms with Crippen LogP contribution in [0, 0.1) is 0 Å². The molecule has 2 aromatic rings. The van der Waals surface area contributed by atoms with Crippen molar-refractivity contribution in [2.45, 2.75) is 13.3 Å². The number of aromatic nitrogens is 3. The van der Waals surface area contributed by atoms with Crippen molar-refractivity contribution < 1.29 is 9.63 Å². The molecule has 2 rings (SSSR count). The maximum atomic E-state index is 9.46. The third-order valence-electron chi connectivity index (χ3n) is 1.77. The topological polar surface area (TPSA) is 72.0 Å². The summed E-state index contributed by atoms with van der Waals surface area (Å²) in [5.74, 6) is 0.892. The van der Waals surface area contributed by atoms with Gasteiger partial charge in [-0.3, -0.25) is 0 Å². The van der Waals surface area contributed by atoms with Crippen molar-refractivity contribution in [1.29, 1.82) is 0 Å². The van der Waals surface area contributed by atoms with Crippen LogP contribution in [0.1, 0.15) is 12.7 Å². The summed E-state index contributed by atoms with van der Waals surface area (Å²) in [5, 5.41) is 13.2. The zero-order valence-corrected chi connectivity index (χ0v) is 7.64. The Hall–Kier alpha value is -1.91. The standard InChI is InChI=1S/C9H9N3O2/c1-2-7-11-9(14-12-7)8-6(13)4-3-5-10-8/h3-5,13H,2H2,1H3. The molecular weight excluding hydrogens is 182 g/mol. The summed E-state index contributed by atoms with van der Waals surface area (Å²) in [6, 6.07) is 3.16. The average Bonchev–Trinajstić information content (AvgIpc) is 2.67. The van der Waals surface area contributed by atoms with Crippen LogP contribution in [0.2, 0.25) is 0 Å². The third-order valence-corrected chi connectivity index (χ3v) is 1.77. The van der Waals surface area contributed by atoms with Gasteiger partial charge < -0.3 is 9.63 Å². The van der Waals surface area contributed by atoms with Gasteiger partial charge in [-0.2, -0.15) is 4.98 Å². The molecule has 2 heterocycles. The lowest BCUT2D eigenvalue weighted by atomic mass is 10.3. The predicted molar refractivity (Wildman–Crippen MR) is 48.6 cm³/mol. The fraction of sp³-hybridized carbons (Fsp3) is 0.222. The summed E-state index contributed by atoms with van der Waals surface area (Å²) in [5.41, 5.74) is 0.319. The molecule has 14 heavy (non-hydrogen) atoms. The van der Waals surface area contributed by atoms with Crippen LogP contribution in [0.25, 0.3) is 11.6 Å². The van der Waals surface area contributed by atoms with Gasteiger partial charge in [0.2, 0.25) is 0 Å². The molecule has 0 bridgehead atoms. The van der Waals surface area contributed by atoms with E-state index in [1.165, 1.54) is 6.07 Å². The Kier molecular flexibility index (Phi) is 2.14. The molecule has 0 aromatic carbocycles. The number of aryl methyl sites for hydroxylation is 1. The SMILES string of the molecule is CCc1noc(-c2ncccc2O)n1. The first-order chi connectivity index (χ1) is 6.81. The Morgan fingerprint density at radius 3 is 3.00 bits per heavy atom. The Labute approximate surface area is 80.4 Å². The van der Waals surface area contributed by atoms with Crippen molar-refractivity contribution in [1.82, 2.24) is 15.1 Å². The van der Waals surface area contributed by atoms with Gasteiger partial charge >= 0.3 is 0 Å². The first kappa shape index (κ1) is 8.68. The molecule has 72 valence electrons. The van der Waals surface area contributed by atoms with E-state index in [4.69, 9.17) is 4.52 Å². The van der Waals surface area contributed by atoms with Crippen LogP contribution in [0.4, 0.5) is 0 Å². The van der Waals surface area contributed by atoms with Crippen molar-refractivity contribution in [3.05, 3.63) is 24.2 Å². The van der Waals surface area contributed by atoms with E-state index >= 15 is 0 Å². The van der Waals surface area contributed by atoms with Gasteiger partial charge in [0.15, 0.2) is 11.5 Å². The molecule has 5 nitrogen and oxygen atoms in total. The largest absolute Gasteiger partial charge is 0.505 e. The maximum Gasteiger partial charge on any atom is 0.280 e. The van der Waals surface area contributed by atoms with Gasteiger partial charge in [-0.05, 0) is 12.1 Å². The lowest BCUT2D eigenvalue weighted by molar-refractivity contribution is 0.416. The van der Waals surface area contributed by atoms with Crippen LogP contribution >= 0.6 is 0 Å². The highest BCUT2D eigenvalue weighted by molar-refractivity contribution is 5.55. The number of pyridine rings is 1. The minimum absolute atomic E-state index is 0.0406. The Morgan fingerprint density at radius 1 is 1.50 bits per heavy atom. The van der Waals surface area contributed by atoms with Gasteiger partial charge in [-0.15, -0.1) is 0 Å². The van der Waals surface area contributed by atoms with Crippen LogP contribution in [0.3, 0.4) is 0 Å². The molecule has 0 atom stereocenters. The molecule has 0 radical (unpaired) electrons. The Bertz CT molecular complexity index is 439. The Balaban J connectivity index is 2.44. The molecule has 0 aliphatic heterocycles. The number of aromatic hydroxyl groups is 1. The molecule has 0 saturated carbocycles. The van der Waals surface area contributed by atoms with E-state index in [1.54, 1.807) is 12.3 Å². The van der Waals surface area contributed by atoms with E-state index < -0.39 is 0 Å². The zero-order chi connectivity index (χ0) is 9.97. The fourth-order valence-corrected chi connectivity index (χ4v) is 1.06. The van der Waals surface area contributed by atoms with Crippen molar-refractivity contribution in [3.63, 3.8) is 0 Å². The molecule has 0 spiro atoms. The molecule has 0 aliphatic rings.